The lowest BCUT2D eigenvalue weighted by Crippen LogP contribution is -1.95. The minimum atomic E-state index is 0.604. The summed E-state index contributed by atoms with van der Waals surface area (Å²) in [5.41, 5.74) is 6.48. The first-order chi connectivity index (χ1) is 8.29. The second kappa shape index (κ2) is 5.54. The van der Waals surface area contributed by atoms with E-state index >= 15 is 0 Å². The van der Waals surface area contributed by atoms with Gasteiger partial charge in [-0.15, -0.1) is 0 Å². The molecule has 88 valence electrons. The molecule has 0 aliphatic heterocycles. The van der Waals surface area contributed by atoms with Crippen molar-refractivity contribution in [3.05, 3.63) is 36.5 Å². The van der Waals surface area contributed by atoms with E-state index in [2.05, 4.69) is 9.97 Å². The van der Waals surface area contributed by atoms with Gasteiger partial charge < -0.3 is 10.5 Å². The van der Waals surface area contributed by atoms with E-state index in [9.17, 15) is 0 Å². The highest BCUT2D eigenvalue weighted by atomic mass is 32.2. The van der Waals surface area contributed by atoms with Crippen LogP contribution in [0.15, 0.2) is 46.6 Å². The Labute approximate surface area is 104 Å². The van der Waals surface area contributed by atoms with Crippen molar-refractivity contribution in [2.24, 2.45) is 0 Å². The Morgan fingerprint density at radius 2 is 2.18 bits per heavy atom. The number of aromatic nitrogens is 2. The number of nitrogens with zero attached hydrogens (tertiary/aromatic N) is 2. The van der Waals surface area contributed by atoms with Crippen LogP contribution < -0.4 is 10.5 Å². The highest BCUT2D eigenvalue weighted by molar-refractivity contribution is 7.99. The van der Waals surface area contributed by atoms with Gasteiger partial charge in [0.05, 0.1) is 12.3 Å². The molecule has 0 unspecified atom stereocenters. The van der Waals surface area contributed by atoms with Crippen LogP contribution in [-0.2, 0) is 0 Å². The third kappa shape index (κ3) is 3.10. The molecule has 0 spiro atoms. The molecule has 0 aliphatic rings. The molecular formula is C12H13N3OS. The summed E-state index contributed by atoms with van der Waals surface area (Å²) < 4.78 is 5.34. The van der Waals surface area contributed by atoms with Crippen LogP contribution >= 0.6 is 11.8 Å². The third-order valence-corrected chi connectivity index (χ3v) is 2.96. The number of rotatable bonds is 4. The van der Waals surface area contributed by atoms with Gasteiger partial charge in [-0.3, -0.25) is 0 Å². The second-order valence-electron chi connectivity index (χ2n) is 3.25. The first-order valence-corrected chi connectivity index (χ1v) is 6.09. The van der Waals surface area contributed by atoms with Gasteiger partial charge in [0.2, 0.25) is 5.88 Å². The second-order valence-corrected chi connectivity index (χ2v) is 4.26. The SMILES string of the molecule is CCOc1cccc(Sc2ncccc2N)n1. The van der Waals surface area contributed by atoms with Crippen molar-refractivity contribution in [2.75, 3.05) is 12.3 Å². The summed E-state index contributed by atoms with van der Waals surface area (Å²) in [4.78, 5) is 8.55. The third-order valence-electron chi connectivity index (χ3n) is 1.99. The molecule has 2 heterocycles. The normalized spacial score (nSPS) is 10.2. The average Bonchev–Trinajstić information content (AvgIpc) is 2.33. The first-order valence-electron chi connectivity index (χ1n) is 5.28. The van der Waals surface area contributed by atoms with Crippen molar-refractivity contribution in [2.45, 2.75) is 17.0 Å². The fourth-order valence-corrected chi connectivity index (χ4v) is 2.05. The van der Waals surface area contributed by atoms with Gasteiger partial charge in [-0.25, -0.2) is 9.97 Å². The summed E-state index contributed by atoms with van der Waals surface area (Å²) >= 11 is 1.43. The lowest BCUT2D eigenvalue weighted by Gasteiger charge is -2.05. The van der Waals surface area contributed by atoms with Crippen molar-refractivity contribution < 1.29 is 4.74 Å². The predicted molar refractivity (Wildman–Crippen MR) is 68.2 cm³/mol. The minimum Gasteiger partial charge on any atom is -0.478 e. The van der Waals surface area contributed by atoms with Crippen LogP contribution in [0.25, 0.3) is 0 Å². The zero-order chi connectivity index (χ0) is 12.1. The fourth-order valence-electron chi connectivity index (χ4n) is 1.27. The molecule has 0 saturated carbocycles. The van der Waals surface area contributed by atoms with Gasteiger partial charge in [0.25, 0.3) is 0 Å². The molecule has 0 saturated heterocycles. The van der Waals surface area contributed by atoms with Gasteiger partial charge in [-0.1, -0.05) is 6.07 Å². The van der Waals surface area contributed by atoms with Crippen molar-refractivity contribution in [3.8, 4) is 5.88 Å². The number of hydrogen-bond acceptors (Lipinski definition) is 5. The standard InChI is InChI=1S/C12H13N3OS/c1-2-16-10-6-3-7-11(15-10)17-12-9(13)5-4-8-14-12/h3-8H,2,13H2,1H3. The molecule has 2 aromatic rings. The summed E-state index contributed by atoms with van der Waals surface area (Å²) in [6.45, 7) is 2.53. The Morgan fingerprint density at radius 3 is 2.94 bits per heavy atom. The Balaban J connectivity index is 2.18. The van der Waals surface area contributed by atoms with E-state index in [4.69, 9.17) is 10.5 Å². The smallest absolute Gasteiger partial charge is 0.214 e. The van der Waals surface area contributed by atoms with Crippen molar-refractivity contribution in [1.29, 1.82) is 0 Å². The highest BCUT2D eigenvalue weighted by Crippen LogP contribution is 2.29. The molecule has 17 heavy (non-hydrogen) atoms. The zero-order valence-corrected chi connectivity index (χ0v) is 10.3. The van der Waals surface area contributed by atoms with Gasteiger partial charge in [-0.2, -0.15) is 0 Å². The summed E-state index contributed by atoms with van der Waals surface area (Å²) in [5, 5.41) is 1.58. The molecule has 0 aromatic carbocycles. The van der Waals surface area contributed by atoms with Gasteiger partial charge >= 0.3 is 0 Å². The number of nitrogens with two attached hydrogens (primary N) is 1. The number of hydrogen-bond donors (Lipinski definition) is 1. The Kier molecular flexibility index (Phi) is 3.82. The summed E-state index contributed by atoms with van der Waals surface area (Å²) in [6, 6.07) is 9.27. The molecule has 2 rings (SSSR count). The molecule has 2 N–H and O–H groups in total. The predicted octanol–water partition coefficient (Wildman–Crippen LogP) is 2.61. The summed E-state index contributed by atoms with van der Waals surface area (Å²) in [7, 11) is 0. The lowest BCUT2D eigenvalue weighted by atomic mass is 10.4. The van der Waals surface area contributed by atoms with E-state index in [0.717, 1.165) is 10.1 Å². The van der Waals surface area contributed by atoms with Crippen molar-refractivity contribution >= 4 is 17.4 Å². The van der Waals surface area contributed by atoms with Gasteiger partial charge in [0.1, 0.15) is 10.1 Å². The van der Waals surface area contributed by atoms with E-state index in [1.807, 2.05) is 37.3 Å². The summed E-state index contributed by atoms with van der Waals surface area (Å²) in [6.07, 6.45) is 1.71. The highest BCUT2D eigenvalue weighted by Gasteiger charge is 2.04. The van der Waals surface area contributed by atoms with E-state index in [1.54, 1.807) is 6.20 Å². The lowest BCUT2D eigenvalue weighted by molar-refractivity contribution is 0.324. The number of ether oxygens (including phenoxy) is 1. The van der Waals surface area contributed by atoms with Crippen LogP contribution in [0.5, 0.6) is 5.88 Å². The molecular weight excluding hydrogens is 234 g/mol. The molecule has 4 nitrogen and oxygen atoms in total. The Morgan fingerprint density at radius 1 is 1.29 bits per heavy atom. The molecule has 2 aromatic heterocycles. The minimum absolute atomic E-state index is 0.604. The van der Waals surface area contributed by atoms with E-state index in [0.29, 0.717) is 18.2 Å². The number of nitrogen functional groups attached to an aromatic ring is 1. The van der Waals surface area contributed by atoms with Crippen LogP contribution in [0, 0.1) is 0 Å². The topological polar surface area (TPSA) is 61.0 Å². The molecule has 0 aliphatic carbocycles. The Hall–Kier alpha value is -1.75. The van der Waals surface area contributed by atoms with E-state index in [1.165, 1.54) is 11.8 Å². The van der Waals surface area contributed by atoms with Crippen molar-refractivity contribution in [3.63, 3.8) is 0 Å². The van der Waals surface area contributed by atoms with Gasteiger partial charge in [0, 0.05) is 12.3 Å². The molecule has 0 radical (unpaired) electrons. The monoisotopic (exact) mass is 247 g/mol. The molecule has 5 heteroatoms. The van der Waals surface area contributed by atoms with Crippen LogP contribution in [0.3, 0.4) is 0 Å². The fraction of sp³-hybridized carbons (Fsp3) is 0.167. The van der Waals surface area contributed by atoms with Crippen LogP contribution in [0.2, 0.25) is 0 Å². The molecule has 0 bridgehead atoms. The Bertz CT molecular complexity index is 505. The van der Waals surface area contributed by atoms with Crippen LogP contribution in [-0.4, -0.2) is 16.6 Å². The number of anilines is 1. The van der Waals surface area contributed by atoms with Crippen LogP contribution in [0.1, 0.15) is 6.92 Å². The zero-order valence-electron chi connectivity index (χ0n) is 9.46. The van der Waals surface area contributed by atoms with E-state index in [-0.39, 0.29) is 0 Å². The number of pyridine rings is 2. The maximum absolute atomic E-state index is 5.82. The largest absolute Gasteiger partial charge is 0.478 e. The molecule has 0 atom stereocenters. The maximum atomic E-state index is 5.82. The van der Waals surface area contributed by atoms with E-state index < -0.39 is 0 Å². The van der Waals surface area contributed by atoms with Gasteiger partial charge in [-0.05, 0) is 36.9 Å². The first kappa shape index (κ1) is 11.7. The summed E-state index contributed by atoms with van der Waals surface area (Å²) in [5.74, 6) is 0.618. The molecule has 0 amide bonds. The van der Waals surface area contributed by atoms with Gasteiger partial charge in [0.15, 0.2) is 0 Å². The maximum Gasteiger partial charge on any atom is 0.214 e. The van der Waals surface area contributed by atoms with Crippen molar-refractivity contribution in [1.82, 2.24) is 9.97 Å². The molecule has 0 fully saturated rings. The quantitative estimate of drug-likeness (QED) is 0.899. The average molecular weight is 247 g/mol. The van der Waals surface area contributed by atoms with Crippen LogP contribution in [0.4, 0.5) is 5.69 Å².